The molecule has 4 nitrogen and oxygen atoms in total. The van der Waals surface area contributed by atoms with Crippen LogP contribution in [0.5, 0.6) is 0 Å². The molecular formula is C17H24N4S. The van der Waals surface area contributed by atoms with E-state index in [-0.39, 0.29) is 0 Å². The third-order valence-electron chi connectivity index (χ3n) is 4.92. The van der Waals surface area contributed by atoms with Gasteiger partial charge in [-0.25, -0.2) is 4.98 Å². The zero-order valence-electron chi connectivity index (χ0n) is 13.1. The van der Waals surface area contributed by atoms with Crippen LogP contribution in [-0.2, 0) is 19.4 Å². The third kappa shape index (κ3) is 3.10. The fourth-order valence-corrected chi connectivity index (χ4v) is 4.96. The molecule has 0 unspecified atom stereocenters. The highest BCUT2D eigenvalue weighted by Crippen LogP contribution is 2.34. The average molecular weight is 316 g/mol. The zero-order valence-corrected chi connectivity index (χ0v) is 13.9. The number of thiazole rings is 1. The monoisotopic (exact) mass is 316 g/mol. The van der Waals surface area contributed by atoms with Crippen molar-refractivity contribution in [3.8, 4) is 0 Å². The van der Waals surface area contributed by atoms with Crippen molar-refractivity contribution in [3.63, 3.8) is 0 Å². The van der Waals surface area contributed by atoms with E-state index in [2.05, 4.69) is 16.2 Å². The molecule has 1 fully saturated rings. The van der Waals surface area contributed by atoms with Gasteiger partial charge in [0.25, 0.3) is 0 Å². The first-order chi connectivity index (χ1) is 10.9. The predicted octanol–water partition coefficient (Wildman–Crippen LogP) is 3.10. The summed E-state index contributed by atoms with van der Waals surface area (Å²) >= 11 is 2.00. The molecule has 2 aliphatic rings. The Bertz CT molecular complexity index is 581. The van der Waals surface area contributed by atoms with E-state index < -0.39 is 0 Å². The normalized spacial score (nSPS) is 22.6. The van der Waals surface area contributed by atoms with Crippen molar-refractivity contribution in [1.29, 1.82) is 0 Å². The van der Waals surface area contributed by atoms with E-state index in [1.165, 1.54) is 62.3 Å². The van der Waals surface area contributed by atoms with Crippen molar-refractivity contribution in [2.45, 2.75) is 51.0 Å². The summed E-state index contributed by atoms with van der Waals surface area (Å²) in [6.07, 6.45) is 11.7. The first-order valence-electron chi connectivity index (χ1n) is 8.57. The number of fused-ring (bicyclic) bond motifs is 1. The summed E-state index contributed by atoms with van der Waals surface area (Å²) in [5.41, 5.74) is 1.42. The minimum absolute atomic E-state index is 0.655. The Kier molecular flexibility index (Phi) is 4.26. The summed E-state index contributed by atoms with van der Waals surface area (Å²) in [6, 6.07) is 2.00. The number of likely N-dealkylation sites (tertiary alicyclic amines) is 1. The quantitative estimate of drug-likeness (QED) is 0.869. The van der Waals surface area contributed by atoms with Crippen LogP contribution in [0.15, 0.2) is 18.5 Å². The van der Waals surface area contributed by atoms with Crippen LogP contribution in [0, 0.1) is 0 Å². The predicted molar refractivity (Wildman–Crippen MR) is 89.4 cm³/mol. The lowest BCUT2D eigenvalue weighted by atomic mass is 9.98. The molecule has 2 aromatic heterocycles. The van der Waals surface area contributed by atoms with Crippen molar-refractivity contribution in [1.82, 2.24) is 19.7 Å². The van der Waals surface area contributed by atoms with Gasteiger partial charge in [-0.15, -0.1) is 11.3 Å². The Morgan fingerprint density at radius 3 is 3.00 bits per heavy atom. The zero-order chi connectivity index (χ0) is 14.8. The number of nitrogens with zero attached hydrogens (tertiary/aromatic N) is 4. The maximum Gasteiger partial charge on any atom is 0.0974 e. The first-order valence-corrected chi connectivity index (χ1v) is 9.38. The average Bonchev–Trinajstić information content (AvgIpc) is 3.22. The van der Waals surface area contributed by atoms with Gasteiger partial charge in [-0.3, -0.25) is 4.68 Å². The van der Waals surface area contributed by atoms with E-state index in [1.54, 1.807) is 4.88 Å². The molecule has 22 heavy (non-hydrogen) atoms. The molecule has 0 radical (unpaired) electrons. The van der Waals surface area contributed by atoms with Crippen LogP contribution >= 0.6 is 11.3 Å². The number of hydrogen-bond donors (Lipinski definition) is 0. The van der Waals surface area contributed by atoms with Gasteiger partial charge < -0.3 is 4.90 Å². The molecule has 0 N–H and O–H groups in total. The summed E-state index contributed by atoms with van der Waals surface area (Å²) in [4.78, 5) is 9.17. The van der Waals surface area contributed by atoms with E-state index in [0.29, 0.717) is 5.92 Å². The number of piperidine rings is 1. The molecule has 2 aromatic rings. The van der Waals surface area contributed by atoms with Gasteiger partial charge in [-0.05, 0) is 51.1 Å². The van der Waals surface area contributed by atoms with E-state index >= 15 is 0 Å². The second kappa shape index (κ2) is 6.50. The van der Waals surface area contributed by atoms with Crippen LogP contribution in [0.2, 0.25) is 0 Å². The lowest BCUT2D eigenvalue weighted by molar-refractivity contribution is 0.198. The summed E-state index contributed by atoms with van der Waals surface area (Å²) in [5, 5.41) is 5.71. The highest BCUT2D eigenvalue weighted by atomic mass is 32.1. The largest absolute Gasteiger partial charge is 0.301 e. The molecule has 0 aromatic carbocycles. The van der Waals surface area contributed by atoms with Crippen LogP contribution in [-0.4, -0.2) is 39.3 Å². The Labute approximate surface area is 136 Å². The Morgan fingerprint density at radius 1 is 1.18 bits per heavy atom. The van der Waals surface area contributed by atoms with Gasteiger partial charge in [0.2, 0.25) is 0 Å². The molecule has 1 atom stereocenters. The molecule has 5 heteroatoms. The summed E-state index contributed by atoms with van der Waals surface area (Å²) < 4.78 is 2.03. The minimum Gasteiger partial charge on any atom is -0.301 e. The fraction of sp³-hybridized carbons (Fsp3) is 0.647. The molecule has 1 aliphatic heterocycles. The number of hydrogen-bond acceptors (Lipinski definition) is 4. The van der Waals surface area contributed by atoms with Gasteiger partial charge in [0.15, 0.2) is 0 Å². The summed E-state index contributed by atoms with van der Waals surface area (Å²) in [5.74, 6) is 0.655. The van der Waals surface area contributed by atoms with Gasteiger partial charge in [-0.1, -0.05) is 0 Å². The standard InChI is InChI=1S/C17H24N4S/c1-2-7-16-15(6-1)19-17(22-16)14-5-3-9-20(13-14)11-12-21-10-4-8-18-21/h4,8,10,14H,1-3,5-7,9,11-13H2/t14-/m0/s1. The topological polar surface area (TPSA) is 34.0 Å². The van der Waals surface area contributed by atoms with Crippen molar-refractivity contribution in [2.75, 3.05) is 19.6 Å². The molecule has 1 aliphatic carbocycles. The number of aryl methyl sites for hydroxylation is 2. The SMILES string of the molecule is c1cnn(CCN2CCC[C@H](c3nc4c(s3)CCCC4)C2)c1. The van der Waals surface area contributed by atoms with Gasteiger partial charge in [0, 0.05) is 36.3 Å². The second-order valence-electron chi connectivity index (χ2n) is 6.54. The minimum atomic E-state index is 0.655. The molecular weight excluding hydrogens is 292 g/mol. The van der Waals surface area contributed by atoms with Gasteiger partial charge >= 0.3 is 0 Å². The smallest absolute Gasteiger partial charge is 0.0974 e. The maximum absolute atomic E-state index is 4.99. The molecule has 0 spiro atoms. The van der Waals surface area contributed by atoms with Crippen molar-refractivity contribution in [2.24, 2.45) is 0 Å². The summed E-state index contributed by atoms with van der Waals surface area (Å²) in [7, 11) is 0. The van der Waals surface area contributed by atoms with Crippen LogP contribution < -0.4 is 0 Å². The van der Waals surface area contributed by atoms with Crippen molar-refractivity contribution < 1.29 is 0 Å². The van der Waals surface area contributed by atoms with Crippen LogP contribution in [0.4, 0.5) is 0 Å². The van der Waals surface area contributed by atoms with Gasteiger partial charge in [0.1, 0.15) is 0 Å². The molecule has 1 saturated heterocycles. The summed E-state index contributed by atoms with van der Waals surface area (Å²) in [6.45, 7) is 4.49. The van der Waals surface area contributed by atoms with E-state index in [9.17, 15) is 0 Å². The second-order valence-corrected chi connectivity index (χ2v) is 7.65. The van der Waals surface area contributed by atoms with E-state index in [0.717, 1.165) is 13.1 Å². The first kappa shape index (κ1) is 14.4. The molecule has 0 amide bonds. The van der Waals surface area contributed by atoms with Gasteiger partial charge in [0.05, 0.1) is 17.2 Å². The van der Waals surface area contributed by atoms with Crippen LogP contribution in [0.25, 0.3) is 0 Å². The highest BCUT2D eigenvalue weighted by Gasteiger charge is 2.25. The van der Waals surface area contributed by atoms with Crippen LogP contribution in [0.1, 0.15) is 47.2 Å². The molecule has 3 heterocycles. The van der Waals surface area contributed by atoms with Crippen LogP contribution in [0.3, 0.4) is 0 Å². The van der Waals surface area contributed by atoms with E-state index in [1.807, 2.05) is 28.3 Å². The van der Waals surface area contributed by atoms with Crippen molar-refractivity contribution in [3.05, 3.63) is 34.0 Å². The Balaban J connectivity index is 1.39. The molecule has 118 valence electrons. The Morgan fingerprint density at radius 2 is 2.14 bits per heavy atom. The third-order valence-corrected chi connectivity index (χ3v) is 6.24. The molecule has 4 rings (SSSR count). The lowest BCUT2D eigenvalue weighted by Gasteiger charge is -2.31. The maximum atomic E-state index is 4.99. The lowest BCUT2D eigenvalue weighted by Crippen LogP contribution is -2.36. The Hall–Kier alpha value is -1.20. The number of aromatic nitrogens is 3. The molecule has 0 saturated carbocycles. The van der Waals surface area contributed by atoms with Crippen molar-refractivity contribution >= 4 is 11.3 Å². The van der Waals surface area contributed by atoms with Gasteiger partial charge in [-0.2, -0.15) is 5.10 Å². The number of rotatable bonds is 4. The highest BCUT2D eigenvalue weighted by molar-refractivity contribution is 7.11. The fourth-order valence-electron chi connectivity index (χ4n) is 3.68. The molecule has 0 bridgehead atoms. The van der Waals surface area contributed by atoms with E-state index in [4.69, 9.17) is 4.98 Å².